The van der Waals surface area contributed by atoms with Crippen molar-refractivity contribution in [1.82, 2.24) is 15.6 Å². The van der Waals surface area contributed by atoms with E-state index >= 15 is 0 Å². The lowest BCUT2D eigenvalue weighted by atomic mass is 10.1. The number of aromatic amines is 1. The third-order valence-corrected chi connectivity index (χ3v) is 4.16. The van der Waals surface area contributed by atoms with Gasteiger partial charge in [0, 0.05) is 50.5 Å². The van der Waals surface area contributed by atoms with E-state index in [1.54, 1.807) is 19.2 Å². The maximum atomic E-state index is 13.5. The Kier molecular flexibility index (Phi) is 9.65. The van der Waals surface area contributed by atoms with Gasteiger partial charge in [0.05, 0.1) is 13.2 Å². The highest BCUT2D eigenvalue weighted by Crippen LogP contribution is 2.19. The summed E-state index contributed by atoms with van der Waals surface area (Å²) in [5, 5.41) is 7.53. The van der Waals surface area contributed by atoms with Gasteiger partial charge in [-0.3, -0.25) is 4.99 Å². The zero-order valence-corrected chi connectivity index (χ0v) is 16.3. The van der Waals surface area contributed by atoms with Gasteiger partial charge in [-0.25, -0.2) is 4.39 Å². The third-order valence-electron chi connectivity index (χ3n) is 4.16. The van der Waals surface area contributed by atoms with Crippen LogP contribution in [0.3, 0.4) is 0 Å². The summed E-state index contributed by atoms with van der Waals surface area (Å²) in [6.45, 7) is 6.35. The van der Waals surface area contributed by atoms with Crippen molar-refractivity contribution in [3.8, 4) is 0 Å². The minimum absolute atomic E-state index is 0.211. The van der Waals surface area contributed by atoms with Crippen LogP contribution in [0.5, 0.6) is 0 Å². The molecule has 0 atom stereocenters. The summed E-state index contributed by atoms with van der Waals surface area (Å²) < 4.78 is 23.8. The standard InChI is InChI=1S/C20H31FN4O2/c1-3-22-20(23-9-4-5-11-27-13-12-26-2)24-10-8-16-15-25-19-7-6-17(21)14-18(16)19/h6-7,14-15,25H,3-5,8-13H2,1-2H3,(H2,22,23,24). The summed E-state index contributed by atoms with van der Waals surface area (Å²) in [7, 11) is 1.67. The van der Waals surface area contributed by atoms with Gasteiger partial charge in [-0.05, 0) is 49.9 Å². The van der Waals surface area contributed by atoms with Gasteiger partial charge in [0.1, 0.15) is 5.82 Å². The van der Waals surface area contributed by atoms with E-state index in [0.717, 1.165) is 67.9 Å². The van der Waals surface area contributed by atoms with Crippen molar-refractivity contribution in [1.29, 1.82) is 0 Å². The second-order valence-corrected chi connectivity index (χ2v) is 6.25. The van der Waals surface area contributed by atoms with Gasteiger partial charge >= 0.3 is 0 Å². The molecule has 6 nitrogen and oxygen atoms in total. The van der Waals surface area contributed by atoms with Crippen LogP contribution >= 0.6 is 0 Å². The number of nitrogens with one attached hydrogen (secondary N) is 3. The van der Waals surface area contributed by atoms with Gasteiger partial charge in [0.25, 0.3) is 0 Å². The van der Waals surface area contributed by atoms with Gasteiger partial charge in [0.2, 0.25) is 0 Å². The van der Waals surface area contributed by atoms with E-state index in [4.69, 9.17) is 9.47 Å². The van der Waals surface area contributed by atoms with E-state index in [-0.39, 0.29) is 5.82 Å². The molecular weight excluding hydrogens is 347 g/mol. The van der Waals surface area contributed by atoms with Gasteiger partial charge in [-0.2, -0.15) is 0 Å². The lowest BCUT2D eigenvalue weighted by molar-refractivity contribution is 0.0690. The Bertz CT molecular complexity index is 702. The number of nitrogens with zero attached hydrogens (tertiary/aromatic N) is 1. The molecule has 0 aliphatic carbocycles. The molecule has 0 aliphatic rings. The molecule has 0 saturated heterocycles. The fourth-order valence-electron chi connectivity index (χ4n) is 2.77. The highest BCUT2D eigenvalue weighted by atomic mass is 19.1. The minimum Gasteiger partial charge on any atom is -0.382 e. The number of aromatic nitrogens is 1. The summed E-state index contributed by atoms with van der Waals surface area (Å²) in [4.78, 5) is 7.77. The molecule has 1 heterocycles. The lowest BCUT2D eigenvalue weighted by Gasteiger charge is -2.11. The summed E-state index contributed by atoms with van der Waals surface area (Å²) in [6.07, 6.45) is 4.69. The number of fused-ring (bicyclic) bond motifs is 1. The van der Waals surface area contributed by atoms with Crippen molar-refractivity contribution in [3.63, 3.8) is 0 Å². The van der Waals surface area contributed by atoms with Crippen LogP contribution in [0.25, 0.3) is 10.9 Å². The van der Waals surface area contributed by atoms with Crippen LogP contribution in [0.1, 0.15) is 25.3 Å². The Labute approximate surface area is 160 Å². The summed E-state index contributed by atoms with van der Waals surface area (Å²) >= 11 is 0. The molecule has 0 aliphatic heterocycles. The highest BCUT2D eigenvalue weighted by Gasteiger charge is 2.05. The van der Waals surface area contributed by atoms with Gasteiger partial charge in [-0.15, -0.1) is 0 Å². The third kappa shape index (κ3) is 7.56. The van der Waals surface area contributed by atoms with E-state index in [1.165, 1.54) is 6.07 Å². The fraction of sp³-hybridized carbons (Fsp3) is 0.550. The van der Waals surface area contributed by atoms with Crippen LogP contribution in [-0.4, -0.2) is 57.5 Å². The molecule has 7 heteroatoms. The van der Waals surface area contributed by atoms with E-state index in [0.29, 0.717) is 13.2 Å². The van der Waals surface area contributed by atoms with Crippen molar-refractivity contribution < 1.29 is 13.9 Å². The Morgan fingerprint density at radius 3 is 2.89 bits per heavy atom. The van der Waals surface area contributed by atoms with Crippen LogP contribution < -0.4 is 10.6 Å². The number of H-pyrrole nitrogens is 1. The average Bonchev–Trinajstić information content (AvgIpc) is 3.06. The molecule has 0 unspecified atom stereocenters. The molecule has 0 fully saturated rings. The number of unbranched alkanes of at least 4 members (excludes halogenated alkanes) is 1. The second kappa shape index (κ2) is 12.3. The van der Waals surface area contributed by atoms with Crippen LogP contribution in [0.2, 0.25) is 0 Å². The fourth-order valence-corrected chi connectivity index (χ4v) is 2.77. The molecule has 1 aromatic heterocycles. The molecule has 0 bridgehead atoms. The van der Waals surface area contributed by atoms with Crippen molar-refractivity contribution in [2.45, 2.75) is 26.2 Å². The SMILES string of the molecule is CCNC(=NCCCCOCCOC)NCCc1c[nH]c2ccc(F)cc12. The van der Waals surface area contributed by atoms with E-state index < -0.39 is 0 Å². The molecule has 150 valence electrons. The topological polar surface area (TPSA) is 70.7 Å². The Hall–Kier alpha value is -2.12. The molecule has 0 spiro atoms. The largest absolute Gasteiger partial charge is 0.382 e. The minimum atomic E-state index is -0.211. The van der Waals surface area contributed by atoms with Crippen LogP contribution in [0.15, 0.2) is 29.4 Å². The monoisotopic (exact) mass is 378 g/mol. The molecule has 27 heavy (non-hydrogen) atoms. The zero-order valence-electron chi connectivity index (χ0n) is 16.3. The van der Waals surface area contributed by atoms with Gasteiger partial charge in [-0.1, -0.05) is 0 Å². The number of rotatable bonds is 12. The van der Waals surface area contributed by atoms with Crippen molar-refractivity contribution in [3.05, 3.63) is 35.8 Å². The maximum absolute atomic E-state index is 13.5. The Morgan fingerprint density at radius 1 is 1.19 bits per heavy atom. The van der Waals surface area contributed by atoms with E-state index in [2.05, 4.69) is 20.6 Å². The first-order valence-electron chi connectivity index (χ1n) is 9.59. The predicted molar refractivity (Wildman–Crippen MR) is 108 cm³/mol. The molecule has 2 aromatic rings. The molecular formula is C20H31FN4O2. The second-order valence-electron chi connectivity index (χ2n) is 6.25. The summed E-state index contributed by atoms with van der Waals surface area (Å²) in [5.74, 6) is 0.598. The number of ether oxygens (including phenoxy) is 2. The Morgan fingerprint density at radius 2 is 2.07 bits per heavy atom. The normalized spacial score (nSPS) is 11.9. The Balaban J connectivity index is 1.72. The van der Waals surface area contributed by atoms with Crippen molar-refractivity contribution >= 4 is 16.9 Å². The van der Waals surface area contributed by atoms with Crippen molar-refractivity contribution in [2.75, 3.05) is 46.6 Å². The molecule has 1 aromatic carbocycles. The average molecular weight is 378 g/mol. The first kappa shape index (κ1) is 21.2. The number of benzene rings is 1. The number of guanidine groups is 1. The predicted octanol–water partition coefficient (Wildman–Crippen LogP) is 2.85. The van der Waals surface area contributed by atoms with E-state index in [9.17, 15) is 4.39 Å². The first-order valence-corrected chi connectivity index (χ1v) is 9.59. The van der Waals surface area contributed by atoms with Gasteiger partial charge < -0.3 is 25.1 Å². The molecule has 0 saturated carbocycles. The maximum Gasteiger partial charge on any atom is 0.191 e. The highest BCUT2D eigenvalue weighted by molar-refractivity contribution is 5.83. The molecule has 2 rings (SSSR count). The van der Waals surface area contributed by atoms with Crippen LogP contribution in [-0.2, 0) is 15.9 Å². The van der Waals surface area contributed by atoms with Crippen LogP contribution in [0, 0.1) is 5.82 Å². The summed E-state index contributed by atoms with van der Waals surface area (Å²) in [6, 6.07) is 4.82. The van der Waals surface area contributed by atoms with Crippen LogP contribution in [0.4, 0.5) is 4.39 Å². The number of methoxy groups -OCH3 is 1. The molecule has 3 N–H and O–H groups in total. The quantitative estimate of drug-likeness (QED) is 0.302. The zero-order chi connectivity index (χ0) is 19.3. The lowest BCUT2D eigenvalue weighted by Crippen LogP contribution is -2.38. The summed E-state index contributed by atoms with van der Waals surface area (Å²) in [5.41, 5.74) is 2.06. The molecule has 0 amide bonds. The van der Waals surface area contributed by atoms with Crippen molar-refractivity contribution in [2.24, 2.45) is 4.99 Å². The van der Waals surface area contributed by atoms with Gasteiger partial charge in [0.15, 0.2) is 5.96 Å². The number of aliphatic imine (C=N–C) groups is 1. The number of halogens is 1. The smallest absolute Gasteiger partial charge is 0.191 e. The first-order chi connectivity index (χ1) is 13.2. The molecule has 0 radical (unpaired) electrons. The number of hydrogen-bond acceptors (Lipinski definition) is 3. The van der Waals surface area contributed by atoms with E-state index in [1.807, 2.05) is 13.1 Å². The number of hydrogen-bond donors (Lipinski definition) is 3.